The number of carbonyl (C=O) groups is 1. The third kappa shape index (κ3) is 3.86. The monoisotopic (exact) mass is 500 g/mol. The van der Waals surface area contributed by atoms with Crippen LogP contribution in [0, 0.1) is 11.8 Å². The molecule has 4 aromatic carbocycles. The Morgan fingerprint density at radius 2 is 1.63 bits per heavy atom. The zero-order valence-corrected chi connectivity index (χ0v) is 21.7. The molecule has 1 unspecified atom stereocenters. The second-order valence-electron chi connectivity index (χ2n) is 11.0. The summed E-state index contributed by atoms with van der Waals surface area (Å²) in [4.78, 5) is 21.5. The van der Waals surface area contributed by atoms with E-state index in [9.17, 15) is 4.79 Å². The molecule has 4 nitrogen and oxygen atoms in total. The Morgan fingerprint density at radius 1 is 0.947 bits per heavy atom. The largest absolute Gasteiger partial charge is 0.452 e. The zero-order valence-electron chi connectivity index (χ0n) is 21.7. The fourth-order valence-electron chi connectivity index (χ4n) is 7.08. The van der Waals surface area contributed by atoms with Gasteiger partial charge in [0.1, 0.15) is 6.10 Å². The molecule has 4 heteroatoms. The molecule has 0 saturated carbocycles. The minimum absolute atomic E-state index is 0.160. The molecule has 2 bridgehead atoms. The Kier molecular flexibility index (Phi) is 5.85. The van der Waals surface area contributed by atoms with Crippen molar-refractivity contribution in [3.63, 3.8) is 0 Å². The highest BCUT2D eigenvalue weighted by molar-refractivity contribution is 6.16. The summed E-state index contributed by atoms with van der Waals surface area (Å²) in [7, 11) is 0. The summed E-state index contributed by atoms with van der Waals surface area (Å²) in [6, 6.07) is 28.8. The molecule has 3 fully saturated rings. The van der Waals surface area contributed by atoms with Crippen LogP contribution in [0.2, 0.25) is 0 Å². The number of hydrogen-bond donors (Lipinski definition) is 0. The van der Waals surface area contributed by atoms with Crippen molar-refractivity contribution in [2.75, 3.05) is 13.1 Å². The molecule has 8 rings (SSSR count). The lowest BCUT2D eigenvalue weighted by atomic mass is 9.72. The summed E-state index contributed by atoms with van der Waals surface area (Å²) in [5.41, 5.74) is 2.65. The molecule has 1 aromatic heterocycles. The molecule has 5 atom stereocenters. The van der Waals surface area contributed by atoms with E-state index in [0.717, 1.165) is 63.4 Å². The van der Waals surface area contributed by atoms with Crippen molar-refractivity contribution in [3.05, 3.63) is 102 Å². The lowest BCUT2D eigenvalue weighted by Gasteiger charge is -2.51. The molecular formula is C34H32N2O2. The second kappa shape index (κ2) is 9.52. The van der Waals surface area contributed by atoms with Crippen LogP contribution in [-0.4, -0.2) is 35.0 Å². The molecule has 0 spiro atoms. The number of nitrogens with zero attached hydrogens (tertiary/aromatic N) is 2. The molecule has 3 aliphatic rings. The van der Waals surface area contributed by atoms with E-state index in [4.69, 9.17) is 4.74 Å². The number of esters is 1. The van der Waals surface area contributed by atoms with Gasteiger partial charge >= 0.3 is 5.97 Å². The summed E-state index contributed by atoms with van der Waals surface area (Å²) in [6.45, 7) is 4.46. The number of para-hydroxylation sites is 1. The smallest absolute Gasteiger partial charge is 0.340 e. The fourth-order valence-corrected chi connectivity index (χ4v) is 7.08. The average Bonchev–Trinajstić information content (AvgIpc) is 2.98. The highest BCUT2D eigenvalue weighted by Gasteiger charge is 2.44. The number of fused-ring (bicyclic) bond motifs is 6. The van der Waals surface area contributed by atoms with Crippen LogP contribution in [0.3, 0.4) is 0 Å². The van der Waals surface area contributed by atoms with Crippen LogP contribution in [0.5, 0.6) is 0 Å². The van der Waals surface area contributed by atoms with Crippen LogP contribution >= 0.6 is 0 Å². The summed E-state index contributed by atoms with van der Waals surface area (Å²) >= 11 is 0. The predicted molar refractivity (Wildman–Crippen MR) is 153 cm³/mol. The standard InChI is InChI=1S/C34H32N2O2/c1-2-22-21-36-18-16-23(22)20-31(36)33(29-15-17-35-30-14-8-7-13-28(29)30)38-34(37)32-26-11-5-3-9-24(26)19-25-10-4-6-12-27(25)32/h3-15,17,19,22-23,31,33H,2,16,18,20-21H2,1H3/t22-,23-,31+,33+/m0/s1. The van der Waals surface area contributed by atoms with Gasteiger partial charge in [-0.15, -0.1) is 0 Å². The van der Waals surface area contributed by atoms with E-state index in [1.165, 1.54) is 12.8 Å². The van der Waals surface area contributed by atoms with Gasteiger partial charge in [-0.25, -0.2) is 4.79 Å². The van der Waals surface area contributed by atoms with Gasteiger partial charge < -0.3 is 4.74 Å². The third-order valence-electron chi connectivity index (χ3n) is 9.01. The number of benzene rings is 4. The minimum atomic E-state index is -0.367. The van der Waals surface area contributed by atoms with Crippen LogP contribution < -0.4 is 0 Å². The molecule has 0 N–H and O–H groups in total. The maximum atomic E-state index is 14.3. The average molecular weight is 501 g/mol. The summed E-state index contributed by atoms with van der Waals surface area (Å²) in [5, 5.41) is 5.04. The highest BCUT2D eigenvalue weighted by Crippen LogP contribution is 2.44. The van der Waals surface area contributed by atoms with Crippen molar-refractivity contribution in [2.24, 2.45) is 11.8 Å². The molecule has 5 aromatic rings. The van der Waals surface area contributed by atoms with Gasteiger partial charge in [0.15, 0.2) is 0 Å². The maximum Gasteiger partial charge on any atom is 0.340 e. The summed E-state index contributed by atoms with van der Waals surface area (Å²) in [6.07, 6.45) is 4.99. The Balaban J connectivity index is 1.36. The van der Waals surface area contributed by atoms with Crippen molar-refractivity contribution in [3.8, 4) is 0 Å². The van der Waals surface area contributed by atoms with Crippen LogP contribution in [0.25, 0.3) is 32.4 Å². The van der Waals surface area contributed by atoms with Crippen molar-refractivity contribution in [1.29, 1.82) is 0 Å². The number of rotatable bonds is 5. The maximum absolute atomic E-state index is 14.3. The first-order chi connectivity index (χ1) is 18.7. The Labute approximate surface area is 223 Å². The number of aromatic nitrogens is 1. The first-order valence-electron chi connectivity index (χ1n) is 13.9. The van der Waals surface area contributed by atoms with Gasteiger partial charge in [-0.3, -0.25) is 9.88 Å². The molecule has 0 aliphatic carbocycles. The first kappa shape index (κ1) is 23.4. The number of ether oxygens (including phenoxy) is 1. The van der Waals surface area contributed by atoms with E-state index in [0.29, 0.717) is 11.5 Å². The van der Waals surface area contributed by atoms with Crippen LogP contribution in [0.1, 0.15) is 48.2 Å². The molecule has 190 valence electrons. The van der Waals surface area contributed by atoms with Gasteiger partial charge in [-0.2, -0.15) is 0 Å². The SMILES string of the molecule is CC[C@H]1CN2CC[C@H]1C[C@@H]2[C@H](OC(=O)c1c2ccccc2cc2ccccc12)c1ccnc2ccccc12. The van der Waals surface area contributed by atoms with Crippen molar-refractivity contribution < 1.29 is 9.53 Å². The Bertz CT molecular complexity index is 1600. The first-order valence-corrected chi connectivity index (χ1v) is 13.9. The molecule has 0 amide bonds. The second-order valence-corrected chi connectivity index (χ2v) is 11.0. The van der Waals surface area contributed by atoms with Crippen LogP contribution in [0.4, 0.5) is 0 Å². The lowest BCUT2D eigenvalue weighted by molar-refractivity contribution is -0.0658. The van der Waals surface area contributed by atoms with Crippen LogP contribution in [-0.2, 0) is 4.74 Å². The fraction of sp³-hybridized carbons (Fsp3) is 0.294. The third-order valence-corrected chi connectivity index (χ3v) is 9.01. The van der Waals surface area contributed by atoms with Crippen molar-refractivity contribution in [1.82, 2.24) is 9.88 Å². The van der Waals surface area contributed by atoms with Gasteiger partial charge in [0.2, 0.25) is 0 Å². The van der Waals surface area contributed by atoms with E-state index >= 15 is 0 Å². The molecule has 38 heavy (non-hydrogen) atoms. The Morgan fingerprint density at radius 3 is 2.32 bits per heavy atom. The van der Waals surface area contributed by atoms with E-state index in [1.807, 2.05) is 60.8 Å². The molecule has 3 aliphatic heterocycles. The topological polar surface area (TPSA) is 42.4 Å². The van der Waals surface area contributed by atoms with E-state index < -0.39 is 0 Å². The number of pyridine rings is 1. The quantitative estimate of drug-likeness (QED) is 0.184. The normalized spacial score (nSPS) is 23.6. The number of carbonyl (C=O) groups excluding carboxylic acids is 1. The number of hydrogen-bond acceptors (Lipinski definition) is 4. The molecule has 4 heterocycles. The van der Waals surface area contributed by atoms with Gasteiger partial charge in [-0.05, 0) is 71.0 Å². The van der Waals surface area contributed by atoms with Gasteiger partial charge in [0.05, 0.1) is 17.1 Å². The molecule has 0 radical (unpaired) electrons. The van der Waals surface area contributed by atoms with Gasteiger partial charge in [0, 0.05) is 23.7 Å². The van der Waals surface area contributed by atoms with Crippen molar-refractivity contribution in [2.45, 2.75) is 38.3 Å². The van der Waals surface area contributed by atoms with E-state index in [1.54, 1.807) is 0 Å². The van der Waals surface area contributed by atoms with Gasteiger partial charge in [0.25, 0.3) is 0 Å². The Hall–Kier alpha value is -3.76. The van der Waals surface area contributed by atoms with E-state index in [-0.39, 0.29) is 18.1 Å². The summed E-state index contributed by atoms with van der Waals surface area (Å²) < 4.78 is 6.70. The van der Waals surface area contributed by atoms with Crippen molar-refractivity contribution >= 4 is 38.4 Å². The number of piperidine rings is 3. The predicted octanol–water partition coefficient (Wildman–Crippen LogP) is 7.56. The van der Waals surface area contributed by atoms with Crippen LogP contribution in [0.15, 0.2) is 91.1 Å². The van der Waals surface area contributed by atoms with E-state index in [2.05, 4.69) is 47.1 Å². The summed E-state index contributed by atoms with van der Waals surface area (Å²) in [5.74, 6) is 1.16. The minimum Gasteiger partial charge on any atom is -0.452 e. The zero-order chi connectivity index (χ0) is 25.6. The molecule has 3 saturated heterocycles. The lowest BCUT2D eigenvalue weighted by Crippen LogP contribution is -2.55. The molecular weight excluding hydrogens is 468 g/mol. The highest BCUT2D eigenvalue weighted by atomic mass is 16.5. The van der Waals surface area contributed by atoms with Gasteiger partial charge in [-0.1, -0.05) is 80.1 Å².